The number of carbonyl (C=O) groups excluding carboxylic acids is 2. The van der Waals surface area contributed by atoms with Crippen LogP contribution in [0.4, 0.5) is 0 Å². The van der Waals surface area contributed by atoms with E-state index in [0.29, 0.717) is 24.0 Å². The zero-order valence-corrected chi connectivity index (χ0v) is 10.8. The minimum absolute atomic E-state index is 0.313. The Balaban J connectivity index is 2.10. The van der Waals surface area contributed by atoms with E-state index in [1.807, 2.05) is 13.0 Å². The van der Waals surface area contributed by atoms with Crippen molar-refractivity contribution in [3.05, 3.63) is 34.9 Å². The van der Waals surface area contributed by atoms with Crippen LogP contribution in [-0.2, 0) is 0 Å². The van der Waals surface area contributed by atoms with Gasteiger partial charge in [-0.05, 0) is 44.7 Å². The quantitative estimate of drug-likeness (QED) is 0.723. The molecule has 0 saturated heterocycles. The number of amides is 2. The highest BCUT2D eigenvalue weighted by atomic mass is 16.2. The Morgan fingerprint density at radius 1 is 1.16 bits per heavy atom. The molecule has 0 bridgehead atoms. The van der Waals surface area contributed by atoms with Crippen LogP contribution in [0.2, 0.25) is 0 Å². The smallest absolute Gasteiger partial charge is 0.262 e. The molecule has 1 aliphatic carbocycles. The summed E-state index contributed by atoms with van der Waals surface area (Å²) in [6, 6.07) is 7.45. The molecular weight excluding hydrogens is 240 g/mol. The first-order valence-corrected chi connectivity index (χ1v) is 6.50. The van der Waals surface area contributed by atoms with Crippen LogP contribution in [0.15, 0.2) is 18.2 Å². The molecule has 0 unspecified atom stereocenters. The van der Waals surface area contributed by atoms with E-state index in [-0.39, 0.29) is 11.8 Å². The molecule has 2 amide bonds. The van der Waals surface area contributed by atoms with Crippen molar-refractivity contribution in [2.24, 2.45) is 0 Å². The fraction of sp³-hybridized carbons (Fsp3) is 0.400. The lowest BCUT2D eigenvalue weighted by atomic mass is 9.97. The Kier molecular flexibility index (Phi) is 2.46. The van der Waals surface area contributed by atoms with Crippen LogP contribution >= 0.6 is 0 Å². The second kappa shape index (κ2) is 3.92. The highest BCUT2D eigenvalue weighted by Gasteiger charge is 2.50. The minimum Gasteiger partial charge on any atom is -0.269 e. The molecule has 3 rings (SSSR count). The van der Waals surface area contributed by atoms with Gasteiger partial charge in [0.05, 0.1) is 17.2 Å². The molecule has 1 aromatic carbocycles. The third-order valence-corrected chi connectivity index (χ3v) is 4.11. The van der Waals surface area contributed by atoms with Crippen LogP contribution in [0.3, 0.4) is 0 Å². The Bertz CT molecular complexity index is 622. The van der Waals surface area contributed by atoms with Crippen LogP contribution in [0.25, 0.3) is 0 Å². The molecule has 4 heteroatoms. The summed E-state index contributed by atoms with van der Waals surface area (Å²) in [5.74, 6) is -0.629. The van der Waals surface area contributed by atoms with E-state index in [9.17, 15) is 14.9 Å². The van der Waals surface area contributed by atoms with Gasteiger partial charge in [-0.15, -0.1) is 0 Å². The fourth-order valence-corrected chi connectivity index (χ4v) is 3.09. The Morgan fingerprint density at radius 2 is 1.79 bits per heavy atom. The lowest BCUT2D eigenvalue weighted by molar-refractivity contribution is 0.0514. The number of carbonyl (C=O) groups is 2. The van der Waals surface area contributed by atoms with Gasteiger partial charge in [-0.2, -0.15) is 5.26 Å². The number of fused-ring (bicyclic) bond motifs is 1. The number of nitrogens with zero attached hydrogens (tertiary/aromatic N) is 2. The Hall–Kier alpha value is -2.15. The summed E-state index contributed by atoms with van der Waals surface area (Å²) in [5, 5.41) is 9.45. The van der Waals surface area contributed by atoms with Gasteiger partial charge in [-0.1, -0.05) is 11.6 Å². The Labute approximate surface area is 111 Å². The number of hydrogen-bond acceptors (Lipinski definition) is 3. The number of benzene rings is 1. The summed E-state index contributed by atoms with van der Waals surface area (Å²) in [6.07, 6.45) is 2.96. The summed E-state index contributed by atoms with van der Waals surface area (Å²) >= 11 is 0. The van der Waals surface area contributed by atoms with Crippen LogP contribution < -0.4 is 0 Å². The molecule has 4 nitrogen and oxygen atoms in total. The number of rotatable bonds is 1. The number of nitriles is 1. The van der Waals surface area contributed by atoms with Gasteiger partial charge in [0.1, 0.15) is 5.54 Å². The molecule has 1 heterocycles. The lowest BCUT2D eigenvalue weighted by Gasteiger charge is -2.30. The summed E-state index contributed by atoms with van der Waals surface area (Å²) in [6.45, 7) is 1.89. The first-order valence-electron chi connectivity index (χ1n) is 6.50. The highest BCUT2D eigenvalue weighted by molar-refractivity contribution is 6.22. The fourth-order valence-electron chi connectivity index (χ4n) is 3.09. The van der Waals surface area contributed by atoms with Crippen LogP contribution in [-0.4, -0.2) is 22.3 Å². The van der Waals surface area contributed by atoms with Gasteiger partial charge in [0, 0.05) is 0 Å². The standard InChI is InChI=1S/C15H14N2O2/c1-10-4-5-11-12(8-10)14(19)17(13(11)18)15(9-16)6-2-3-7-15/h4-5,8H,2-3,6-7H2,1H3. The number of aryl methyl sites for hydroxylation is 1. The molecule has 0 spiro atoms. The van der Waals surface area contributed by atoms with Crippen molar-refractivity contribution in [2.45, 2.75) is 38.1 Å². The molecule has 96 valence electrons. The molecule has 19 heavy (non-hydrogen) atoms. The van der Waals surface area contributed by atoms with Crippen LogP contribution in [0, 0.1) is 18.3 Å². The molecular formula is C15H14N2O2. The van der Waals surface area contributed by atoms with Gasteiger partial charge in [0.15, 0.2) is 0 Å². The first kappa shape index (κ1) is 11.9. The van der Waals surface area contributed by atoms with E-state index in [1.165, 1.54) is 4.90 Å². The Morgan fingerprint density at radius 3 is 2.42 bits per heavy atom. The number of hydrogen-bond donors (Lipinski definition) is 0. The maximum Gasteiger partial charge on any atom is 0.262 e. The zero-order chi connectivity index (χ0) is 13.6. The summed E-state index contributed by atoms with van der Waals surface area (Å²) in [5.41, 5.74) is 0.879. The zero-order valence-electron chi connectivity index (χ0n) is 10.8. The van der Waals surface area contributed by atoms with E-state index in [0.717, 1.165) is 18.4 Å². The second-order valence-corrected chi connectivity index (χ2v) is 5.35. The first-order chi connectivity index (χ1) is 9.09. The summed E-state index contributed by atoms with van der Waals surface area (Å²) < 4.78 is 0. The molecule has 0 radical (unpaired) electrons. The van der Waals surface area contributed by atoms with Crippen molar-refractivity contribution in [1.82, 2.24) is 4.90 Å². The van der Waals surface area contributed by atoms with Gasteiger partial charge >= 0.3 is 0 Å². The van der Waals surface area contributed by atoms with E-state index in [4.69, 9.17) is 0 Å². The number of imide groups is 1. The molecule has 2 aliphatic rings. The van der Waals surface area contributed by atoms with Crippen LogP contribution in [0.1, 0.15) is 52.0 Å². The van der Waals surface area contributed by atoms with Crippen LogP contribution in [0.5, 0.6) is 0 Å². The molecule has 1 fully saturated rings. The van der Waals surface area contributed by atoms with Gasteiger partial charge in [-0.3, -0.25) is 14.5 Å². The van der Waals surface area contributed by atoms with E-state index in [2.05, 4.69) is 6.07 Å². The van der Waals surface area contributed by atoms with Crippen molar-refractivity contribution >= 4 is 11.8 Å². The monoisotopic (exact) mass is 254 g/mol. The molecule has 0 aromatic heterocycles. The van der Waals surface area contributed by atoms with Crippen molar-refractivity contribution in [3.63, 3.8) is 0 Å². The van der Waals surface area contributed by atoms with E-state index >= 15 is 0 Å². The molecule has 1 aromatic rings. The van der Waals surface area contributed by atoms with E-state index < -0.39 is 5.54 Å². The highest BCUT2D eigenvalue weighted by Crippen LogP contribution is 2.39. The SMILES string of the molecule is Cc1ccc2c(c1)C(=O)N(C1(C#N)CCCC1)C2=O. The maximum atomic E-state index is 12.5. The lowest BCUT2D eigenvalue weighted by Crippen LogP contribution is -2.49. The van der Waals surface area contributed by atoms with Crippen molar-refractivity contribution in [1.29, 1.82) is 5.26 Å². The molecule has 1 saturated carbocycles. The van der Waals surface area contributed by atoms with Gasteiger partial charge < -0.3 is 0 Å². The third kappa shape index (κ3) is 1.51. The van der Waals surface area contributed by atoms with Gasteiger partial charge in [0.2, 0.25) is 0 Å². The maximum absolute atomic E-state index is 12.5. The summed E-state index contributed by atoms with van der Waals surface area (Å²) in [7, 11) is 0. The largest absolute Gasteiger partial charge is 0.269 e. The van der Waals surface area contributed by atoms with Crippen molar-refractivity contribution < 1.29 is 9.59 Å². The average Bonchev–Trinajstić information content (AvgIpc) is 2.96. The average molecular weight is 254 g/mol. The van der Waals surface area contributed by atoms with Crippen molar-refractivity contribution in [2.75, 3.05) is 0 Å². The van der Waals surface area contributed by atoms with E-state index in [1.54, 1.807) is 12.1 Å². The molecule has 0 N–H and O–H groups in total. The second-order valence-electron chi connectivity index (χ2n) is 5.35. The summed E-state index contributed by atoms with van der Waals surface area (Å²) in [4.78, 5) is 26.1. The topological polar surface area (TPSA) is 61.2 Å². The van der Waals surface area contributed by atoms with Crippen molar-refractivity contribution in [3.8, 4) is 6.07 Å². The molecule has 0 atom stereocenters. The normalized spacial score (nSPS) is 20.5. The minimum atomic E-state index is -0.929. The van der Waals surface area contributed by atoms with Gasteiger partial charge in [-0.25, -0.2) is 0 Å². The predicted octanol–water partition coefficient (Wildman–Crippen LogP) is 2.43. The predicted molar refractivity (Wildman–Crippen MR) is 68.5 cm³/mol. The van der Waals surface area contributed by atoms with Gasteiger partial charge in [0.25, 0.3) is 11.8 Å². The molecule has 1 aliphatic heterocycles. The third-order valence-electron chi connectivity index (χ3n) is 4.11.